The van der Waals surface area contributed by atoms with E-state index in [0.29, 0.717) is 0 Å². The number of nitrogens with zero attached hydrogens (tertiary/aromatic N) is 1. The first kappa shape index (κ1) is 21.6. The van der Waals surface area contributed by atoms with E-state index in [4.69, 9.17) is 11.6 Å². The third-order valence-electron chi connectivity index (χ3n) is 4.05. The maximum atomic E-state index is 13.2. The molecule has 156 valence electrons. The fraction of sp³-hybridized carbons (Fsp3) is 0.100. The van der Waals surface area contributed by atoms with E-state index in [1.54, 1.807) is 0 Å². The number of alkyl halides is 6. The molecule has 3 rings (SSSR count). The first-order chi connectivity index (χ1) is 14.0. The average molecular weight is 445 g/mol. The van der Waals surface area contributed by atoms with Gasteiger partial charge in [0, 0.05) is 23.0 Å². The molecule has 0 aliphatic heterocycles. The number of halogens is 7. The van der Waals surface area contributed by atoms with Crippen molar-refractivity contribution in [3.63, 3.8) is 0 Å². The van der Waals surface area contributed by atoms with Gasteiger partial charge in [0.15, 0.2) is 0 Å². The van der Waals surface area contributed by atoms with E-state index < -0.39 is 35.1 Å². The number of nitrogens with one attached hydrogen (secondary N) is 1. The highest BCUT2D eigenvalue weighted by molar-refractivity contribution is 6.33. The molecule has 0 radical (unpaired) electrons. The van der Waals surface area contributed by atoms with Gasteiger partial charge in [-0.25, -0.2) is 0 Å². The monoisotopic (exact) mass is 444 g/mol. The number of pyridine rings is 1. The van der Waals surface area contributed by atoms with Crippen LogP contribution in [0.15, 0.2) is 60.8 Å². The minimum Gasteiger partial charge on any atom is -0.322 e. The molecule has 0 unspecified atom stereocenters. The first-order valence-corrected chi connectivity index (χ1v) is 8.65. The van der Waals surface area contributed by atoms with E-state index in [2.05, 4.69) is 10.3 Å². The molecule has 10 heteroatoms. The molecule has 0 aliphatic carbocycles. The van der Waals surface area contributed by atoms with Gasteiger partial charge in [0.25, 0.3) is 5.91 Å². The van der Waals surface area contributed by atoms with Crippen LogP contribution in [-0.4, -0.2) is 10.9 Å². The zero-order valence-electron chi connectivity index (χ0n) is 14.8. The number of rotatable bonds is 3. The van der Waals surface area contributed by atoms with E-state index in [1.165, 1.54) is 24.4 Å². The Morgan fingerprint density at radius 2 is 1.63 bits per heavy atom. The van der Waals surface area contributed by atoms with Crippen molar-refractivity contribution in [2.45, 2.75) is 12.4 Å². The number of hydrogen-bond donors (Lipinski definition) is 1. The predicted molar refractivity (Wildman–Crippen MR) is 99.1 cm³/mol. The minimum absolute atomic E-state index is 0.0415. The summed E-state index contributed by atoms with van der Waals surface area (Å²) in [7, 11) is 0. The second-order valence-electron chi connectivity index (χ2n) is 6.12. The maximum absolute atomic E-state index is 13.2. The first-order valence-electron chi connectivity index (χ1n) is 8.27. The van der Waals surface area contributed by atoms with Crippen molar-refractivity contribution >= 4 is 23.2 Å². The number of amides is 1. The lowest BCUT2D eigenvalue weighted by Crippen LogP contribution is -2.13. The summed E-state index contributed by atoms with van der Waals surface area (Å²) in [5.41, 5.74) is -2.53. The summed E-state index contributed by atoms with van der Waals surface area (Å²) >= 11 is 6.08. The van der Waals surface area contributed by atoms with Crippen LogP contribution in [0.3, 0.4) is 0 Å². The van der Waals surface area contributed by atoms with Crippen molar-refractivity contribution in [2.24, 2.45) is 0 Å². The summed E-state index contributed by atoms with van der Waals surface area (Å²) in [6, 6.07) is 9.53. The van der Waals surface area contributed by atoms with Gasteiger partial charge in [0.1, 0.15) is 0 Å². The van der Waals surface area contributed by atoms with Gasteiger partial charge in [0.2, 0.25) is 0 Å². The van der Waals surface area contributed by atoms with Crippen LogP contribution in [0.2, 0.25) is 5.02 Å². The van der Waals surface area contributed by atoms with Gasteiger partial charge in [0.05, 0.1) is 21.8 Å². The second kappa shape index (κ2) is 7.98. The molecule has 3 aromatic rings. The Hall–Kier alpha value is -3.07. The molecular weight excluding hydrogens is 434 g/mol. The van der Waals surface area contributed by atoms with Crippen molar-refractivity contribution in [2.75, 3.05) is 5.32 Å². The Kier molecular flexibility index (Phi) is 5.76. The van der Waals surface area contributed by atoms with Gasteiger partial charge in [-0.3, -0.25) is 9.78 Å². The van der Waals surface area contributed by atoms with Gasteiger partial charge in [-0.1, -0.05) is 23.7 Å². The predicted octanol–water partition coefficient (Wildman–Crippen LogP) is 6.69. The molecule has 0 aliphatic rings. The molecule has 2 aromatic carbocycles. The molecule has 0 saturated carbocycles. The molecule has 3 nitrogen and oxygen atoms in total. The van der Waals surface area contributed by atoms with E-state index in [-0.39, 0.29) is 21.8 Å². The summed E-state index contributed by atoms with van der Waals surface area (Å²) in [5, 5.41) is 2.13. The number of anilines is 1. The Morgan fingerprint density at radius 3 is 2.27 bits per heavy atom. The highest BCUT2D eigenvalue weighted by Crippen LogP contribution is 2.38. The lowest BCUT2D eigenvalue weighted by Gasteiger charge is -2.14. The van der Waals surface area contributed by atoms with Crippen LogP contribution in [0.4, 0.5) is 32.0 Å². The molecule has 0 bridgehead atoms. The van der Waals surface area contributed by atoms with Crippen LogP contribution in [0.1, 0.15) is 21.5 Å². The third-order valence-corrected chi connectivity index (χ3v) is 4.36. The lowest BCUT2D eigenvalue weighted by molar-refractivity contribution is -0.138. The van der Waals surface area contributed by atoms with Crippen LogP contribution >= 0.6 is 11.6 Å². The fourth-order valence-electron chi connectivity index (χ4n) is 2.67. The highest BCUT2D eigenvalue weighted by Gasteiger charge is 2.35. The van der Waals surface area contributed by atoms with Gasteiger partial charge >= 0.3 is 12.4 Å². The molecular formula is C20H11ClF6N2O. The Balaban J connectivity index is 1.89. The van der Waals surface area contributed by atoms with Crippen LogP contribution in [0.25, 0.3) is 11.3 Å². The Bertz CT molecular complexity index is 1100. The van der Waals surface area contributed by atoms with Crippen molar-refractivity contribution in [1.82, 2.24) is 4.98 Å². The van der Waals surface area contributed by atoms with Gasteiger partial charge in [-0.2, -0.15) is 26.3 Å². The zero-order chi connectivity index (χ0) is 22.1. The smallest absolute Gasteiger partial charge is 0.322 e. The molecule has 0 atom stereocenters. The Morgan fingerprint density at radius 1 is 0.900 bits per heavy atom. The number of carbonyl (C=O) groups is 1. The fourth-order valence-corrected chi connectivity index (χ4v) is 2.94. The standard InChI is InChI=1S/C20H11ClF6N2O/c21-16-9-11(18(30)29-13-4-1-3-12(10-13)19(22,23)24)6-7-14(16)17-15(20(25,26)27)5-2-8-28-17/h1-10H,(H,29,30). The molecule has 1 heterocycles. The van der Waals surface area contributed by atoms with E-state index in [9.17, 15) is 31.1 Å². The maximum Gasteiger partial charge on any atom is 0.418 e. The van der Waals surface area contributed by atoms with Crippen LogP contribution < -0.4 is 5.32 Å². The second-order valence-corrected chi connectivity index (χ2v) is 6.53. The molecule has 1 aromatic heterocycles. The lowest BCUT2D eigenvalue weighted by atomic mass is 10.0. The van der Waals surface area contributed by atoms with Gasteiger partial charge < -0.3 is 5.32 Å². The van der Waals surface area contributed by atoms with E-state index in [1.807, 2.05) is 0 Å². The van der Waals surface area contributed by atoms with Gasteiger partial charge in [-0.05, 0) is 42.5 Å². The summed E-state index contributed by atoms with van der Waals surface area (Å²) in [5.74, 6) is -0.778. The number of hydrogen-bond acceptors (Lipinski definition) is 2. The van der Waals surface area contributed by atoms with Crippen molar-refractivity contribution in [3.05, 3.63) is 82.5 Å². The topological polar surface area (TPSA) is 42.0 Å². The zero-order valence-corrected chi connectivity index (χ0v) is 15.5. The molecule has 30 heavy (non-hydrogen) atoms. The average Bonchev–Trinajstić information content (AvgIpc) is 2.67. The van der Waals surface area contributed by atoms with Crippen LogP contribution in [0, 0.1) is 0 Å². The Labute approximate surface area is 171 Å². The summed E-state index contributed by atoms with van der Waals surface area (Å²) in [4.78, 5) is 16.1. The number of benzene rings is 2. The molecule has 1 N–H and O–H groups in total. The molecule has 0 fully saturated rings. The number of aromatic nitrogens is 1. The summed E-state index contributed by atoms with van der Waals surface area (Å²) < 4.78 is 78.0. The third kappa shape index (κ3) is 4.73. The van der Waals surface area contributed by atoms with Gasteiger partial charge in [-0.15, -0.1) is 0 Å². The van der Waals surface area contributed by atoms with E-state index in [0.717, 1.165) is 36.4 Å². The quantitative estimate of drug-likeness (QED) is 0.457. The van der Waals surface area contributed by atoms with E-state index >= 15 is 0 Å². The number of carbonyl (C=O) groups excluding carboxylic acids is 1. The summed E-state index contributed by atoms with van der Waals surface area (Å²) in [6.45, 7) is 0. The van der Waals surface area contributed by atoms with Crippen molar-refractivity contribution in [1.29, 1.82) is 0 Å². The molecule has 1 amide bonds. The van der Waals surface area contributed by atoms with Crippen LogP contribution in [-0.2, 0) is 12.4 Å². The highest BCUT2D eigenvalue weighted by atomic mass is 35.5. The molecule has 0 spiro atoms. The van der Waals surface area contributed by atoms with Crippen LogP contribution in [0.5, 0.6) is 0 Å². The normalized spacial score (nSPS) is 12.0. The molecule has 0 saturated heterocycles. The van der Waals surface area contributed by atoms with Crippen molar-refractivity contribution < 1.29 is 31.1 Å². The largest absolute Gasteiger partial charge is 0.418 e. The van der Waals surface area contributed by atoms with Crippen molar-refractivity contribution in [3.8, 4) is 11.3 Å². The minimum atomic E-state index is -4.66. The summed E-state index contributed by atoms with van der Waals surface area (Å²) in [6.07, 6.45) is -8.06. The SMILES string of the molecule is O=C(Nc1cccc(C(F)(F)F)c1)c1ccc(-c2ncccc2C(F)(F)F)c(Cl)c1.